The molecule has 0 aliphatic heterocycles. The molecule has 0 saturated heterocycles. The fourth-order valence-corrected chi connectivity index (χ4v) is 1.24. The van der Waals surface area contributed by atoms with Crippen molar-refractivity contribution in [1.82, 2.24) is 0 Å². The lowest BCUT2D eigenvalue weighted by molar-refractivity contribution is -0.946. The molecular weight excluding hydrogens is 164 g/mol. The Labute approximate surface area is 80.9 Å². The summed E-state index contributed by atoms with van der Waals surface area (Å²) < 4.78 is 0.0616. The second-order valence-electron chi connectivity index (χ2n) is 3.50. The Bertz CT molecular complexity index is 134. The molecule has 0 aromatic heterocycles. The van der Waals surface area contributed by atoms with Crippen LogP contribution in [0.4, 0.5) is 0 Å². The summed E-state index contributed by atoms with van der Waals surface area (Å²) in [4.78, 5) is 0. The molecule has 4 nitrogen and oxygen atoms in total. The standard InChI is InChI=1S/C9H23N4/c1-2-8-13(11,12)9-6-4-3-5-7-10/h2H,1,3-12H2/q+1. The highest BCUT2D eigenvalue weighted by Gasteiger charge is 2.13. The minimum absolute atomic E-state index is 0.0616. The van der Waals surface area contributed by atoms with Crippen molar-refractivity contribution < 1.29 is 4.70 Å². The fraction of sp³-hybridized carbons (Fsp3) is 0.778. The van der Waals surface area contributed by atoms with Crippen molar-refractivity contribution in [3.63, 3.8) is 0 Å². The van der Waals surface area contributed by atoms with E-state index in [2.05, 4.69) is 6.58 Å². The predicted molar refractivity (Wildman–Crippen MR) is 56.1 cm³/mol. The summed E-state index contributed by atoms with van der Waals surface area (Å²) in [7, 11) is 0. The van der Waals surface area contributed by atoms with Gasteiger partial charge < -0.3 is 5.73 Å². The Morgan fingerprint density at radius 1 is 1.08 bits per heavy atom. The van der Waals surface area contributed by atoms with E-state index < -0.39 is 0 Å². The summed E-state index contributed by atoms with van der Waals surface area (Å²) in [6.07, 6.45) is 6.23. The largest absolute Gasteiger partial charge is 0.330 e. The Kier molecular flexibility index (Phi) is 6.80. The zero-order valence-corrected chi connectivity index (χ0v) is 8.41. The molecule has 0 heterocycles. The number of unbranched alkanes of at least 4 members (excludes halogenated alkanes) is 3. The Morgan fingerprint density at radius 3 is 2.23 bits per heavy atom. The topological polar surface area (TPSA) is 78.1 Å². The number of quaternary nitrogens is 1. The van der Waals surface area contributed by atoms with Crippen LogP contribution in [0.15, 0.2) is 12.7 Å². The zero-order chi connectivity index (χ0) is 10.2. The monoisotopic (exact) mass is 187 g/mol. The van der Waals surface area contributed by atoms with Crippen LogP contribution in [0, 0.1) is 0 Å². The van der Waals surface area contributed by atoms with Gasteiger partial charge in [-0.25, -0.2) is 0 Å². The van der Waals surface area contributed by atoms with E-state index in [1.165, 1.54) is 6.42 Å². The van der Waals surface area contributed by atoms with Crippen molar-refractivity contribution in [2.75, 3.05) is 19.6 Å². The van der Waals surface area contributed by atoms with E-state index in [1.807, 2.05) is 0 Å². The van der Waals surface area contributed by atoms with Gasteiger partial charge in [0.15, 0.2) is 0 Å². The first-order chi connectivity index (χ1) is 6.12. The van der Waals surface area contributed by atoms with Crippen molar-refractivity contribution in [3.05, 3.63) is 12.7 Å². The van der Waals surface area contributed by atoms with Gasteiger partial charge in [-0.2, -0.15) is 16.4 Å². The summed E-state index contributed by atoms with van der Waals surface area (Å²) in [5.74, 6) is 11.5. The second kappa shape index (κ2) is 7.03. The SMILES string of the molecule is C=CC[N+](N)(N)CCCCCCN. The first kappa shape index (κ1) is 12.6. The molecule has 0 unspecified atom stereocenters. The molecule has 13 heavy (non-hydrogen) atoms. The van der Waals surface area contributed by atoms with Crippen LogP contribution in [-0.2, 0) is 0 Å². The molecule has 0 saturated carbocycles. The van der Waals surface area contributed by atoms with Gasteiger partial charge in [-0.3, -0.25) is 0 Å². The lowest BCUT2D eigenvalue weighted by Gasteiger charge is -2.24. The number of hydrogen-bond donors (Lipinski definition) is 3. The molecule has 0 rings (SSSR count). The van der Waals surface area contributed by atoms with Crippen molar-refractivity contribution >= 4 is 0 Å². The van der Waals surface area contributed by atoms with E-state index >= 15 is 0 Å². The first-order valence-electron chi connectivity index (χ1n) is 4.87. The lowest BCUT2D eigenvalue weighted by atomic mass is 10.2. The van der Waals surface area contributed by atoms with E-state index in [9.17, 15) is 0 Å². The predicted octanol–water partition coefficient (Wildman–Crippen LogP) is 0.256. The molecule has 78 valence electrons. The van der Waals surface area contributed by atoms with Gasteiger partial charge in [0.1, 0.15) is 13.1 Å². The van der Waals surface area contributed by atoms with E-state index in [1.54, 1.807) is 6.08 Å². The molecule has 0 aliphatic rings. The minimum atomic E-state index is 0.0616. The summed E-state index contributed by atoms with van der Waals surface area (Å²) >= 11 is 0. The van der Waals surface area contributed by atoms with E-state index in [0.29, 0.717) is 6.54 Å². The quantitative estimate of drug-likeness (QED) is 0.168. The molecule has 0 radical (unpaired) electrons. The van der Waals surface area contributed by atoms with Crippen molar-refractivity contribution in [2.45, 2.75) is 25.7 Å². The summed E-state index contributed by atoms with van der Waals surface area (Å²) in [6, 6.07) is 0. The number of hydrogen-bond acceptors (Lipinski definition) is 3. The van der Waals surface area contributed by atoms with Crippen molar-refractivity contribution in [3.8, 4) is 0 Å². The normalized spacial score (nSPS) is 11.6. The highest BCUT2D eigenvalue weighted by molar-refractivity contribution is 4.63. The van der Waals surface area contributed by atoms with Gasteiger partial charge in [0.05, 0.1) is 0 Å². The number of nitrogens with zero attached hydrogens (tertiary/aromatic N) is 1. The van der Waals surface area contributed by atoms with Crippen LogP contribution < -0.4 is 17.4 Å². The van der Waals surface area contributed by atoms with Gasteiger partial charge >= 0.3 is 0 Å². The Balaban J connectivity index is 3.34. The van der Waals surface area contributed by atoms with Crippen molar-refractivity contribution in [2.24, 2.45) is 17.4 Å². The molecule has 0 aromatic rings. The average molecular weight is 187 g/mol. The molecule has 6 N–H and O–H groups in total. The molecule has 0 spiro atoms. The number of rotatable bonds is 8. The second-order valence-corrected chi connectivity index (χ2v) is 3.50. The van der Waals surface area contributed by atoms with Gasteiger partial charge in [0.2, 0.25) is 0 Å². The smallest absolute Gasteiger partial charge is 0.133 e. The highest BCUT2D eigenvalue weighted by Crippen LogP contribution is 2.01. The van der Waals surface area contributed by atoms with Gasteiger partial charge in [0, 0.05) is 6.42 Å². The molecule has 4 heteroatoms. The van der Waals surface area contributed by atoms with Crippen LogP contribution >= 0.6 is 0 Å². The molecular formula is C9H23N4+. The van der Waals surface area contributed by atoms with Gasteiger partial charge in [-0.1, -0.05) is 13.0 Å². The van der Waals surface area contributed by atoms with Gasteiger partial charge in [0.25, 0.3) is 0 Å². The van der Waals surface area contributed by atoms with Crippen LogP contribution in [-0.4, -0.2) is 24.3 Å². The van der Waals surface area contributed by atoms with Crippen LogP contribution in [0.2, 0.25) is 0 Å². The zero-order valence-electron chi connectivity index (χ0n) is 8.41. The Hall–Kier alpha value is -0.420. The molecule has 0 atom stereocenters. The van der Waals surface area contributed by atoms with Gasteiger partial charge in [-0.05, 0) is 25.5 Å². The molecule has 0 amide bonds. The van der Waals surface area contributed by atoms with E-state index in [0.717, 1.165) is 32.4 Å². The first-order valence-corrected chi connectivity index (χ1v) is 4.87. The molecule has 0 fully saturated rings. The van der Waals surface area contributed by atoms with Crippen LogP contribution in [0.5, 0.6) is 0 Å². The summed E-state index contributed by atoms with van der Waals surface area (Å²) in [6.45, 7) is 5.81. The molecule has 0 aliphatic carbocycles. The highest BCUT2D eigenvalue weighted by atomic mass is 15.7. The third-order valence-corrected chi connectivity index (χ3v) is 2.00. The van der Waals surface area contributed by atoms with Crippen molar-refractivity contribution in [1.29, 1.82) is 0 Å². The fourth-order valence-electron chi connectivity index (χ4n) is 1.24. The van der Waals surface area contributed by atoms with Gasteiger partial charge in [-0.15, -0.1) is 0 Å². The minimum Gasteiger partial charge on any atom is -0.330 e. The maximum Gasteiger partial charge on any atom is 0.133 e. The third-order valence-electron chi connectivity index (χ3n) is 2.00. The van der Waals surface area contributed by atoms with Crippen LogP contribution in [0.1, 0.15) is 25.7 Å². The van der Waals surface area contributed by atoms with E-state index in [-0.39, 0.29) is 4.70 Å². The van der Waals surface area contributed by atoms with Crippen LogP contribution in [0.3, 0.4) is 0 Å². The molecule has 0 aromatic carbocycles. The number of nitrogens with two attached hydrogens (primary N) is 3. The maximum atomic E-state index is 5.76. The molecule has 0 bridgehead atoms. The Morgan fingerprint density at radius 2 is 1.69 bits per heavy atom. The summed E-state index contributed by atoms with van der Waals surface area (Å²) in [5, 5.41) is 0. The summed E-state index contributed by atoms with van der Waals surface area (Å²) in [5.41, 5.74) is 5.38. The maximum absolute atomic E-state index is 5.76. The van der Waals surface area contributed by atoms with E-state index in [4.69, 9.17) is 17.4 Å². The third kappa shape index (κ3) is 7.93. The lowest BCUT2D eigenvalue weighted by Crippen LogP contribution is -2.60. The average Bonchev–Trinajstić information content (AvgIpc) is 2.04. The van der Waals surface area contributed by atoms with Crippen LogP contribution in [0.25, 0.3) is 0 Å².